The first-order chi connectivity index (χ1) is 17.5. The third-order valence-corrected chi connectivity index (χ3v) is 7.57. The van der Waals surface area contributed by atoms with Gasteiger partial charge < -0.3 is 10.1 Å². The number of aromatic nitrogens is 2. The first kappa shape index (κ1) is 23.8. The quantitative estimate of drug-likeness (QED) is 0.208. The second-order valence-corrected chi connectivity index (χ2v) is 10.2. The molecule has 1 amide bonds. The van der Waals surface area contributed by atoms with Crippen molar-refractivity contribution in [2.75, 3.05) is 18.2 Å². The Kier molecular flexibility index (Phi) is 6.88. The van der Waals surface area contributed by atoms with E-state index in [0.29, 0.717) is 32.5 Å². The number of amides is 1. The Morgan fingerprint density at radius 2 is 1.75 bits per heavy atom. The molecular formula is C28H23N3O3S2. The lowest BCUT2D eigenvalue weighted by Crippen LogP contribution is -2.22. The molecule has 0 aliphatic heterocycles. The first-order valence-corrected chi connectivity index (χ1v) is 13.1. The average molecular weight is 514 g/mol. The number of fused-ring (bicyclic) bond motifs is 1. The van der Waals surface area contributed by atoms with Crippen LogP contribution in [0.2, 0.25) is 0 Å². The van der Waals surface area contributed by atoms with E-state index in [1.165, 1.54) is 23.1 Å². The van der Waals surface area contributed by atoms with Gasteiger partial charge in [0, 0.05) is 22.2 Å². The van der Waals surface area contributed by atoms with E-state index < -0.39 is 0 Å². The monoisotopic (exact) mass is 513 g/mol. The van der Waals surface area contributed by atoms with Crippen LogP contribution in [0, 0.1) is 6.92 Å². The number of nitrogens with zero attached hydrogens (tertiary/aromatic N) is 2. The number of hydrogen-bond donors (Lipinski definition) is 1. The standard InChI is InChI=1S/C28H23N3O3S2/c1-18-24(19-10-5-3-6-11-19)25-26(36-18)30-28(31(27(25)33)21-13-7-4-8-14-21)35-17-23(32)29-20-12-9-15-22(16-20)34-2/h3-16H,17H2,1-2H3,(H,29,32). The number of anilines is 1. The third kappa shape index (κ3) is 4.78. The summed E-state index contributed by atoms with van der Waals surface area (Å²) >= 11 is 2.73. The van der Waals surface area contributed by atoms with E-state index in [2.05, 4.69) is 5.32 Å². The van der Waals surface area contributed by atoms with Gasteiger partial charge in [-0.25, -0.2) is 4.98 Å². The molecule has 0 bridgehead atoms. The van der Waals surface area contributed by atoms with E-state index in [4.69, 9.17) is 9.72 Å². The average Bonchev–Trinajstić information content (AvgIpc) is 3.24. The van der Waals surface area contributed by atoms with Gasteiger partial charge in [0.1, 0.15) is 10.6 Å². The molecule has 1 N–H and O–H groups in total. The van der Waals surface area contributed by atoms with E-state index in [9.17, 15) is 9.59 Å². The molecule has 0 spiro atoms. The van der Waals surface area contributed by atoms with E-state index in [-0.39, 0.29) is 17.2 Å². The SMILES string of the molecule is COc1cccc(NC(=O)CSc2nc3sc(C)c(-c4ccccc4)c3c(=O)n2-c2ccccc2)c1. The number of methoxy groups -OCH3 is 1. The van der Waals surface area contributed by atoms with Crippen molar-refractivity contribution >= 4 is 44.9 Å². The Hall–Kier alpha value is -3.88. The lowest BCUT2D eigenvalue weighted by molar-refractivity contribution is -0.113. The zero-order valence-corrected chi connectivity index (χ0v) is 21.4. The van der Waals surface area contributed by atoms with Gasteiger partial charge >= 0.3 is 0 Å². The second-order valence-electron chi connectivity index (χ2n) is 8.02. The fraction of sp³-hybridized carbons (Fsp3) is 0.107. The van der Waals surface area contributed by atoms with Crippen LogP contribution in [0.1, 0.15) is 4.88 Å². The lowest BCUT2D eigenvalue weighted by Gasteiger charge is -2.13. The van der Waals surface area contributed by atoms with Crippen molar-refractivity contribution < 1.29 is 9.53 Å². The topological polar surface area (TPSA) is 73.2 Å². The van der Waals surface area contributed by atoms with E-state index in [0.717, 1.165) is 16.0 Å². The number of carbonyl (C=O) groups is 1. The van der Waals surface area contributed by atoms with Crippen LogP contribution in [0.5, 0.6) is 5.75 Å². The predicted octanol–water partition coefficient (Wildman–Crippen LogP) is 6.16. The molecule has 0 saturated carbocycles. The van der Waals surface area contributed by atoms with Gasteiger partial charge in [0.15, 0.2) is 5.16 Å². The molecule has 0 aliphatic rings. The van der Waals surface area contributed by atoms with Crippen LogP contribution in [0.15, 0.2) is 94.9 Å². The van der Waals surface area contributed by atoms with Crippen LogP contribution in [-0.4, -0.2) is 28.3 Å². The van der Waals surface area contributed by atoms with Crippen molar-refractivity contribution in [1.82, 2.24) is 9.55 Å². The van der Waals surface area contributed by atoms with E-state index in [1.54, 1.807) is 23.8 Å². The maximum atomic E-state index is 14.0. The fourth-order valence-electron chi connectivity index (χ4n) is 4.02. The van der Waals surface area contributed by atoms with Crippen LogP contribution in [-0.2, 0) is 4.79 Å². The smallest absolute Gasteiger partial charge is 0.268 e. The Balaban J connectivity index is 1.54. The van der Waals surface area contributed by atoms with Crippen molar-refractivity contribution in [1.29, 1.82) is 0 Å². The minimum absolute atomic E-state index is 0.0951. The summed E-state index contributed by atoms with van der Waals surface area (Å²) in [6, 6.07) is 26.5. The van der Waals surface area contributed by atoms with Gasteiger partial charge in [0.25, 0.3) is 5.56 Å². The summed E-state index contributed by atoms with van der Waals surface area (Å²) in [5.74, 6) is 0.556. The van der Waals surface area contributed by atoms with Gasteiger partial charge in [-0.3, -0.25) is 14.2 Å². The number of nitrogens with one attached hydrogen (secondary N) is 1. The highest BCUT2D eigenvalue weighted by molar-refractivity contribution is 7.99. The highest BCUT2D eigenvalue weighted by Crippen LogP contribution is 2.37. The van der Waals surface area contributed by atoms with Crippen molar-refractivity contribution in [3.63, 3.8) is 0 Å². The zero-order chi connectivity index (χ0) is 25.1. The number of thiophene rings is 1. The molecule has 180 valence electrons. The molecule has 0 saturated heterocycles. The van der Waals surface area contributed by atoms with E-state index >= 15 is 0 Å². The van der Waals surface area contributed by atoms with Gasteiger partial charge in [-0.15, -0.1) is 11.3 Å². The largest absolute Gasteiger partial charge is 0.497 e. The molecule has 2 aromatic heterocycles. The summed E-state index contributed by atoms with van der Waals surface area (Å²) in [6.07, 6.45) is 0. The van der Waals surface area contributed by atoms with Crippen LogP contribution >= 0.6 is 23.1 Å². The molecule has 0 unspecified atom stereocenters. The Morgan fingerprint density at radius 3 is 2.47 bits per heavy atom. The molecule has 5 aromatic rings. The molecule has 0 radical (unpaired) electrons. The first-order valence-electron chi connectivity index (χ1n) is 11.3. The highest BCUT2D eigenvalue weighted by Gasteiger charge is 2.21. The Morgan fingerprint density at radius 1 is 1.03 bits per heavy atom. The number of benzene rings is 3. The van der Waals surface area contributed by atoms with Gasteiger partial charge in [-0.2, -0.15) is 0 Å². The summed E-state index contributed by atoms with van der Waals surface area (Å²) in [5.41, 5.74) is 3.09. The number of para-hydroxylation sites is 1. The molecule has 2 heterocycles. The lowest BCUT2D eigenvalue weighted by atomic mass is 10.0. The molecular weight excluding hydrogens is 490 g/mol. The van der Waals surface area contributed by atoms with Crippen molar-refractivity contribution in [2.24, 2.45) is 0 Å². The maximum absolute atomic E-state index is 14.0. The molecule has 6 nitrogen and oxygen atoms in total. The zero-order valence-electron chi connectivity index (χ0n) is 19.7. The number of thioether (sulfide) groups is 1. The van der Waals surface area contributed by atoms with Gasteiger partial charge in [0.2, 0.25) is 5.91 Å². The highest BCUT2D eigenvalue weighted by atomic mass is 32.2. The minimum atomic E-state index is -0.199. The van der Waals surface area contributed by atoms with Crippen LogP contribution in [0.3, 0.4) is 0 Å². The maximum Gasteiger partial charge on any atom is 0.268 e. The van der Waals surface area contributed by atoms with Crippen LogP contribution in [0.25, 0.3) is 27.0 Å². The molecule has 8 heteroatoms. The van der Waals surface area contributed by atoms with Crippen molar-refractivity contribution in [3.05, 3.63) is 100 Å². The number of rotatable bonds is 7. The van der Waals surface area contributed by atoms with Crippen LogP contribution in [0.4, 0.5) is 5.69 Å². The molecule has 3 aromatic carbocycles. The summed E-state index contributed by atoms with van der Waals surface area (Å²) in [4.78, 5) is 33.3. The fourth-order valence-corrected chi connectivity index (χ4v) is 5.92. The molecule has 5 rings (SSSR count). The molecule has 0 fully saturated rings. The number of hydrogen-bond acceptors (Lipinski definition) is 6. The Labute approximate surface area is 216 Å². The molecule has 0 aliphatic carbocycles. The number of ether oxygens (including phenoxy) is 1. The van der Waals surface area contributed by atoms with Crippen LogP contribution < -0.4 is 15.6 Å². The predicted molar refractivity (Wildman–Crippen MR) is 148 cm³/mol. The van der Waals surface area contributed by atoms with Gasteiger partial charge in [-0.05, 0) is 36.8 Å². The Bertz CT molecular complexity index is 1600. The van der Waals surface area contributed by atoms with Gasteiger partial charge in [-0.1, -0.05) is 66.4 Å². The number of aryl methyl sites for hydroxylation is 1. The van der Waals surface area contributed by atoms with Crippen molar-refractivity contribution in [2.45, 2.75) is 12.1 Å². The third-order valence-electron chi connectivity index (χ3n) is 5.63. The summed E-state index contributed by atoms with van der Waals surface area (Å²) in [6.45, 7) is 2.01. The second kappa shape index (κ2) is 10.4. The normalized spacial score (nSPS) is 10.9. The summed E-state index contributed by atoms with van der Waals surface area (Å²) in [7, 11) is 1.58. The van der Waals surface area contributed by atoms with E-state index in [1.807, 2.05) is 79.7 Å². The molecule has 36 heavy (non-hydrogen) atoms. The van der Waals surface area contributed by atoms with Gasteiger partial charge in [0.05, 0.1) is 23.9 Å². The van der Waals surface area contributed by atoms with Crippen molar-refractivity contribution in [3.8, 4) is 22.6 Å². The summed E-state index contributed by atoms with van der Waals surface area (Å²) in [5, 5.41) is 3.95. The molecule has 0 atom stereocenters. The number of carbonyl (C=O) groups excluding carboxylic acids is 1. The summed E-state index contributed by atoms with van der Waals surface area (Å²) < 4.78 is 6.83. The minimum Gasteiger partial charge on any atom is -0.497 e.